The lowest BCUT2D eigenvalue weighted by atomic mass is 10.2. The lowest BCUT2D eigenvalue weighted by Gasteiger charge is -2.22. The van der Waals surface area contributed by atoms with Gasteiger partial charge in [0.1, 0.15) is 11.3 Å². The molecule has 0 aromatic carbocycles. The SMILES string of the molecule is CN=C(C[N+](=O)[O-])N(CCF)Cc1ccc(Br)nc1. The van der Waals surface area contributed by atoms with Crippen LogP contribution in [0.25, 0.3) is 0 Å². The Bertz CT molecular complexity index is 453. The Hall–Kier alpha value is -1.57. The lowest BCUT2D eigenvalue weighted by Crippen LogP contribution is -2.36. The molecule has 8 heteroatoms. The third-order valence-electron chi connectivity index (χ3n) is 2.41. The van der Waals surface area contributed by atoms with Crippen LogP contribution in [0.4, 0.5) is 4.39 Å². The zero-order chi connectivity index (χ0) is 14.3. The second kappa shape index (κ2) is 7.78. The first kappa shape index (κ1) is 15.5. The topological polar surface area (TPSA) is 71.6 Å². The van der Waals surface area contributed by atoms with Crippen molar-refractivity contribution in [3.63, 3.8) is 0 Å². The molecule has 0 saturated heterocycles. The maximum Gasteiger partial charge on any atom is 0.260 e. The third-order valence-corrected chi connectivity index (χ3v) is 2.88. The fourth-order valence-corrected chi connectivity index (χ4v) is 1.78. The Balaban J connectivity index is 2.81. The second-order valence-electron chi connectivity index (χ2n) is 3.73. The van der Waals surface area contributed by atoms with Gasteiger partial charge in [0, 0.05) is 31.3 Å². The van der Waals surface area contributed by atoms with Gasteiger partial charge < -0.3 is 4.90 Å². The molecule has 0 atom stereocenters. The minimum atomic E-state index is -0.597. The number of nitro groups is 1. The minimum Gasteiger partial charge on any atom is -0.348 e. The summed E-state index contributed by atoms with van der Waals surface area (Å²) in [4.78, 5) is 19.6. The van der Waals surface area contributed by atoms with Crippen molar-refractivity contribution in [2.45, 2.75) is 6.54 Å². The maximum absolute atomic E-state index is 12.6. The van der Waals surface area contributed by atoms with Gasteiger partial charge in [0.05, 0.1) is 0 Å². The van der Waals surface area contributed by atoms with Crippen LogP contribution in [-0.4, -0.2) is 47.5 Å². The first-order valence-corrected chi connectivity index (χ1v) is 6.35. The van der Waals surface area contributed by atoms with Crippen molar-refractivity contribution >= 4 is 21.8 Å². The van der Waals surface area contributed by atoms with Gasteiger partial charge in [-0.05, 0) is 27.6 Å². The molecule has 0 aliphatic carbocycles. The van der Waals surface area contributed by atoms with E-state index < -0.39 is 18.1 Å². The molecule has 0 amide bonds. The van der Waals surface area contributed by atoms with Crippen LogP contribution in [0.1, 0.15) is 5.56 Å². The molecule has 1 aromatic heterocycles. The molecular weight excluding hydrogens is 319 g/mol. The Kier molecular flexibility index (Phi) is 6.34. The summed E-state index contributed by atoms with van der Waals surface area (Å²) in [6.07, 6.45) is 1.63. The molecule has 1 aromatic rings. The van der Waals surface area contributed by atoms with Crippen LogP contribution in [0.5, 0.6) is 0 Å². The highest BCUT2D eigenvalue weighted by Gasteiger charge is 2.16. The number of halogens is 2. The quantitative estimate of drug-likeness (QED) is 0.262. The standard InChI is InChI=1S/C11H14BrFN4O2/c1-14-11(8-17(18)19)16(5-4-13)7-9-2-3-10(12)15-6-9/h2-3,6H,4-5,7-8H2,1H3. The molecule has 0 spiro atoms. The molecule has 19 heavy (non-hydrogen) atoms. The molecule has 0 aliphatic heterocycles. The zero-order valence-electron chi connectivity index (χ0n) is 10.4. The highest BCUT2D eigenvalue weighted by molar-refractivity contribution is 9.10. The zero-order valence-corrected chi connectivity index (χ0v) is 12.0. The van der Waals surface area contributed by atoms with E-state index in [1.54, 1.807) is 17.2 Å². The van der Waals surface area contributed by atoms with Crippen molar-refractivity contribution < 1.29 is 9.31 Å². The van der Waals surface area contributed by atoms with E-state index in [0.29, 0.717) is 11.1 Å². The molecule has 6 nitrogen and oxygen atoms in total. The van der Waals surface area contributed by atoms with Gasteiger partial charge in [0.25, 0.3) is 6.54 Å². The van der Waals surface area contributed by atoms with E-state index in [0.717, 1.165) is 5.56 Å². The van der Waals surface area contributed by atoms with Gasteiger partial charge in [-0.2, -0.15) is 0 Å². The van der Waals surface area contributed by atoms with Crippen LogP contribution >= 0.6 is 15.9 Å². The third kappa shape index (κ3) is 5.29. The molecule has 0 bridgehead atoms. The molecule has 1 rings (SSSR count). The average Bonchev–Trinajstić information content (AvgIpc) is 2.38. The van der Waals surface area contributed by atoms with Crippen LogP contribution in [0.15, 0.2) is 27.9 Å². The molecule has 0 unspecified atom stereocenters. The van der Waals surface area contributed by atoms with E-state index >= 15 is 0 Å². The molecular formula is C11H14BrFN4O2. The summed E-state index contributed by atoms with van der Waals surface area (Å²) in [7, 11) is 1.46. The summed E-state index contributed by atoms with van der Waals surface area (Å²) in [6.45, 7) is -0.609. The highest BCUT2D eigenvalue weighted by atomic mass is 79.9. The Morgan fingerprint density at radius 1 is 1.63 bits per heavy atom. The Morgan fingerprint density at radius 2 is 2.37 bits per heavy atom. The van der Waals surface area contributed by atoms with Gasteiger partial charge in [-0.25, -0.2) is 9.37 Å². The van der Waals surface area contributed by atoms with Crippen molar-refractivity contribution in [2.24, 2.45) is 4.99 Å². The first-order chi connectivity index (χ1) is 9.06. The number of aromatic nitrogens is 1. The first-order valence-electron chi connectivity index (χ1n) is 5.55. The number of hydrogen-bond donors (Lipinski definition) is 0. The summed E-state index contributed by atoms with van der Waals surface area (Å²) >= 11 is 3.22. The Morgan fingerprint density at radius 3 is 2.84 bits per heavy atom. The average molecular weight is 333 g/mol. The normalized spacial score (nSPS) is 11.4. The van der Waals surface area contributed by atoms with Crippen molar-refractivity contribution in [1.82, 2.24) is 9.88 Å². The second-order valence-corrected chi connectivity index (χ2v) is 4.54. The molecule has 0 N–H and O–H groups in total. The number of aliphatic imine (C=N–C) groups is 1. The summed E-state index contributed by atoms with van der Waals surface area (Å²) in [6, 6.07) is 3.58. The molecule has 104 valence electrons. The maximum atomic E-state index is 12.6. The number of rotatable bonds is 6. The molecule has 0 fully saturated rings. The van der Waals surface area contributed by atoms with Gasteiger partial charge in [-0.1, -0.05) is 6.07 Å². The van der Waals surface area contributed by atoms with E-state index in [-0.39, 0.29) is 12.4 Å². The van der Waals surface area contributed by atoms with Crippen LogP contribution in [0.3, 0.4) is 0 Å². The number of alkyl halides is 1. The summed E-state index contributed by atoms with van der Waals surface area (Å²) < 4.78 is 13.3. The molecule has 0 radical (unpaired) electrons. The van der Waals surface area contributed by atoms with E-state index in [1.807, 2.05) is 6.07 Å². The van der Waals surface area contributed by atoms with Gasteiger partial charge in [-0.3, -0.25) is 15.1 Å². The fraction of sp³-hybridized carbons (Fsp3) is 0.455. The molecule has 0 saturated carbocycles. The number of nitrogens with zero attached hydrogens (tertiary/aromatic N) is 4. The van der Waals surface area contributed by atoms with E-state index in [1.165, 1.54) is 7.05 Å². The summed E-state index contributed by atoms with van der Waals surface area (Å²) in [5.41, 5.74) is 0.834. The van der Waals surface area contributed by atoms with Gasteiger partial charge >= 0.3 is 0 Å². The van der Waals surface area contributed by atoms with Crippen molar-refractivity contribution in [3.8, 4) is 0 Å². The van der Waals surface area contributed by atoms with Crippen LogP contribution in [0.2, 0.25) is 0 Å². The highest BCUT2D eigenvalue weighted by Crippen LogP contribution is 2.09. The molecule has 1 heterocycles. The number of amidine groups is 1. The van der Waals surface area contributed by atoms with Crippen molar-refractivity contribution in [3.05, 3.63) is 38.6 Å². The number of pyridine rings is 1. The summed E-state index contributed by atoms with van der Waals surface area (Å²) in [5, 5.41) is 10.6. The van der Waals surface area contributed by atoms with Crippen LogP contribution < -0.4 is 0 Å². The van der Waals surface area contributed by atoms with E-state index in [4.69, 9.17) is 0 Å². The van der Waals surface area contributed by atoms with Crippen LogP contribution in [-0.2, 0) is 6.54 Å². The predicted octanol–water partition coefficient (Wildman–Crippen LogP) is 1.92. The predicted molar refractivity (Wildman–Crippen MR) is 73.5 cm³/mol. The number of hydrogen-bond acceptors (Lipinski definition) is 4. The van der Waals surface area contributed by atoms with Crippen molar-refractivity contribution in [2.75, 3.05) is 26.8 Å². The summed E-state index contributed by atoms with van der Waals surface area (Å²) in [5.74, 6) is 0.255. The van der Waals surface area contributed by atoms with Crippen LogP contribution in [0, 0.1) is 10.1 Å². The smallest absolute Gasteiger partial charge is 0.260 e. The lowest BCUT2D eigenvalue weighted by molar-refractivity contribution is -0.464. The van der Waals surface area contributed by atoms with Crippen molar-refractivity contribution in [1.29, 1.82) is 0 Å². The van der Waals surface area contributed by atoms with E-state index in [2.05, 4.69) is 25.9 Å². The van der Waals surface area contributed by atoms with Gasteiger partial charge in [0.15, 0.2) is 5.84 Å². The Labute approximate surface area is 118 Å². The minimum absolute atomic E-state index is 0.0660. The van der Waals surface area contributed by atoms with Gasteiger partial charge in [0.2, 0.25) is 0 Å². The molecule has 0 aliphatic rings. The fourth-order valence-electron chi connectivity index (χ4n) is 1.55. The monoisotopic (exact) mass is 332 g/mol. The van der Waals surface area contributed by atoms with Gasteiger partial charge in [-0.15, -0.1) is 0 Å². The largest absolute Gasteiger partial charge is 0.348 e. The van der Waals surface area contributed by atoms with E-state index in [9.17, 15) is 14.5 Å².